The maximum Gasteiger partial charge on any atom is 0.240 e. The normalized spacial score (nSPS) is 11.5. The van der Waals surface area contributed by atoms with Gasteiger partial charge in [-0.25, -0.2) is 13.1 Å². The first-order chi connectivity index (χ1) is 9.88. The Morgan fingerprint density at radius 1 is 1.14 bits per heavy atom. The third kappa shape index (κ3) is 4.20. The highest BCUT2D eigenvalue weighted by atomic mass is 79.9. The Kier molecular flexibility index (Phi) is 4.87. The summed E-state index contributed by atoms with van der Waals surface area (Å²) in [5.74, 6) is 0.186. The Morgan fingerprint density at radius 2 is 1.81 bits per heavy atom. The zero-order valence-corrected chi connectivity index (χ0v) is 13.5. The van der Waals surface area contributed by atoms with Crippen LogP contribution >= 0.6 is 15.9 Å². The van der Waals surface area contributed by atoms with E-state index >= 15 is 0 Å². The van der Waals surface area contributed by atoms with Gasteiger partial charge in [0.1, 0.15) is 5.75 Å². The molecular weight excluding hydrogens is 356 g/mol. The van der Waals surface area contributed by atoms with Gasteiger partial charge in [-0.05, 0) is 58.2 Å². The number of sulfonamides is 1. The number of phenols is 1. The summed E-state index contributed by atoms with van der Waals surface area (Å²) in [6.07, 6.45) is 0.537. The summed E-state index contributed by atoms with van der Waals surface area (Å²) in [4.78, 5) is 0.161. The third-order valence-electron chi connectivity index (χ3n) is 2.92. The van der Waals surface area contributed by atoms with Crippen molar-refractivity contribution in [3.05, 3.63) is 52.5 Å². The Morgan fingerprint density at radius 3 is 2.43 bits per heavy atom. The van der Waals surface area contributed by atoms with Crippen molar-refractivity contribution in [2.45, 2.75) is 11.3 Å². The second-order valence-corrected chi connectivity index (χ2v) is 7.12. The lowest BCUT2D eigenvalue weighted by Crippen LogP contribution is -2.26. The topological polar surface area (TPSA) is 92.4 Å². The molecule has 0 bridgehead atoms. The van der Waals surface area contributed by atoms with Gasteiger partial charge in [-0.1, -0.05) is 12.1 Å². The van der Waals surface area contributed by atoms with Crippen molar-refractivity contribution in [3.8, 4) is 5.75 Å². The Balaban J connectivity index is 2.01. The number of rotatable bonds is 5. The zero-order valence-electron chi connectivity index (χ0n) is 11.1. The summed E-state index contributed by atoms with van der Waals surface area (Å²) >= 11 is 3.21. The molecule has 5 nitrogen and oxygen atoms in total. The summed E-state index contributed by atoms with van der Waals surface area (Å²) in [6, 6.07) is 11.1. The quantitative estimate of drug-likeness (QED) is 0.703. The van der Waals surface area contributed by atoms with Crippen LogP contribution in [0.3, 0.4) is 0 Å². The van der Waals surface area contributed by atoms with E-state index in [1.54, 1.807) is 30.3 Å². The van der Waals surface area contributed by atoms with Crippen LogP contribution in [0.1, 0.15) is 5.56 Å². The maximum absolute atomic E-state index is 12.1. The van der Waals surface area contributed by atoms with Gasteiger partial charge in [0.2, 0.25) is 10.0 Å². The molecule has 4 N–H and O–H groups in total. The van der Waals surface area contributed by atoms with Crippen LogP contribution < -0.4 is 10.5 Å². The van der Waals surface area contributed by atoms with Gasteiger partial charge in [-0.15, -0.1) is 0 Å². The smallest absolute Gasteiger partial charge is 0.240 e. The molecule has 2 aromatic carbocycles. The van der Waals surface area contributed by atoms with Gasteiger partial charge in [-0.3, -0.25) is 0 Å². The number of phenolic OH excluding ortho intramolecular Hbond substituents is 1. The summed E-state index contributed by atoms with van der Waals surface area (Å²) in [5.41, 5.74) is 7.06. The Labute approximate surface area is 132 Å². The largest absolute Gasteiger partial charge is 0.508 e. The van der Waals surface area contributed by atoms with Gasteiger partial charge in [0, 0.05) is 16.7 Å². The molecule has 0 aliphatic heterocycles. The number of nitrogen functional groups attached to an aromatic ring is 1. The molecule has 0 heterocycles. The van der Waals surface area contributed by atoms with E-state index in [2.05, 4.69) is 20.7 Å². The molecule has 0 amide bonds. The van der Waals surface area contributed by atoms with Crippen molar-refractivity contribution in [2.75, 3.05) is 12.3 Å². The Bertz CT molecular complexity index is 730. The first-order valence-electron chi connectivity index (χ1n) is 6.21. The van der Waals surface area contributed by atoms with Crippen molar-refractivity contribution in [3.63, 3.8) is 0 Å². The van der Waals surface area contributed by atoms with Crippen molar-refractivity contribution in [1.82, 2.24) is 4.72 Å². The molecule has 0 radical (unpaired) electrons. The molecule has 2 aromatic rings. The molecule has 0 saturated heterocycles. The number of nitrogens with one attached hydrogen (secondary N) is 1. The minimum absolute atomic E-state index is 0.161. The van der Waals surface area contributed by atoms with Crippen molar-refractivity contribution >= 4 is 31.6 Å². The van der Waals surface area contributed by atoms with Gasteiger partial charge < -0.3 is 10.8 Å². The van der Waals surface area contributed by atoms with E-state index in [0.717, 1.165) is 5.56 Å². The molecule has 0 saturated carbocycles. The number of hydrogen-bond donors (Lipinski definition) is 3. The van der Waals surface area contributed by atoms with Gasteiger partial charge in [0.05, 0.1) is 4.90 Å². The first-order valence-corrected chi connectivity index (χ1v) is 8.49. The molecule has 0 atom stereocenters. The monoisotopic (exact) mass is 370 g/mol. The van der Waals surface area contributed by atoms with Crippen LogP contribution in [0.15, 0.2) is 51.8 Å². The molecule has 0 unspecified atom stereocenters. The highest BCUT2D eigenvalue weighted by molar-refractivity contribution is 9.10. The molecule has 7 heteroatoms. The standard InChI is InChI=1S/C14H15BrN2O3S/c15-13-9-12(5-6-14(13)16)21(19,20)17-8-7-10-1-3-11(18)4-2-10/h1-6,9,17-18H,7-8,16H2. The molecule has 0 fully saturated rings. The van der Waals surface area contributed by atoms with Gasteiger partial charge in [-0.2, -0.15) is 0 Å². The van der Waals surface area contributed by atoms with Gasteiger partial charge >= 0.3 is 0 Å². The number of aromatic hydroxyl groups is 1. The fourth-order valence-corrected chi connectivity index (χ4v) is 3.34. The zero-order chi connectivity index (χ0) is 15.5. The first kappa shape index (κ1) is 15.8. The number of anilines is 1. The summed E-state index contributed by atoms with van der Waals surface area (Å²) in [5, 5.41) is 9.18. The predicted molar refractivity (Wildman–Crippen MR) is 85.6 cm³/mol. The third-order valence-corrected chi connectivity index (χ3v) is 5.07. The van der Waals surface area contributed by atoms with Gasteiger partial charge in [0.25, 0.3) is 0 Å². The van der Waals surface area contributed by atoms with Crippen LogP contribution in [0.4, 0.5) is 5.69 Å². The summed E-state index contributed by atoms with van der Waals surface area (Å²) < 4.78 is 27.3. The van der Waals surface area contributed by atoms with Crippen molar-refractivity contribution in [1.29, 1.82) is 0 Å². The van der Waals surface area contributed by atoms with E-state index in [9.17, 15) is 13.5 Å². The SMILES string of the molecule is Nc1ccc(S(=O)(=O)NCCc2ccc(O)cc2)cc1Br. The van der Waals surface area contributed by atoms with E-state index in [4.69, 9.17) is 5.73 Å². The van der Waals surface area contributed by atoms with Crippen LogP contribution in [-0.4, -0.2) is 20.1 Å². The lowest BCUT2D eigenvalue weighted by molar-refractivity contribution is 0.475. The number of halogens is 1. The lowest BCUT2D eigenvalue weighted by atomic mass is 10.1. The highest BCUT2D eigenvalue weighted by Gasteiger charge is 2.14. The van der Waals surface area contributed by atoms with Crippen LogP contribution in [-0.2, 0) is 16.4 Å². The Hall–Kier alpha value is -1.57. The fraction of sp³-hybridized carbons (Fsp3) is 0.143. The van der Waals surface area contributed by atoms with Crippen LogP contribution in [0.25, 0.3) is 0 Å². The summed E-state index contributed by atoms with van der Waals surface area (Å²) in [6.45, 7) is 0.273. The van der Waals surface area contributed by atoms with Crippen molar-refractivity contribution < 1.29 is 13.5 Å². The second kappa shape index (κ2) is 6.46. The van der Waals surface area contributed by atoms with E-state index in [-0.39, 0.29) is 17.2 Å². The number of benzene rings is 2. The predicted octanol–water partition coefficient (Wildman–Crippen LogP) is 2.26. The molecule has 2 rings (SSSR count). The van der Waals surface area contributed by atoms with E-state index in [0.29, 0.717) is 16.6 Å². The second-order valence-electron chi connectivity index (χ2n) is 4.50. The van der Waals surface area contributed by atoms with Gasteiger partial charge in [0.15, 0.2) is 0 Å². The molecular formula is C14H15BrN2O3S. The number of hydrogen-bond acceptors (Lipinski definition) is 4. The average Bonchev–Trinajstić information content (AvgIpc) is 2.44. The molecule has 0 aromatic heterocycles. The molecule has 112 valence electrons. The summed E-state index contributed by atoms with van der Waals surface area (Å²) in [7, 11) is -3.56. The van der Waals surface area contributed by atoms with E-state index in [1.165, 1.54) is 12.1 Å². The number of nitrogens with two attached hydrogens (primary N) is 1. The molecule has 0 aliphatic rings. The molecule has 0 spiro atoms. The van der Waals surface area contributed by atoms with Crippen LogP contribution in [0.2, 0.25) is 0 Å². The van der Waals surface area contributed by atoms with Crippen molar-refractivity contribution in [2.24, 2.45) is 0 Å². The lowest BCUT2D eigenvalue weighted by Gasteiger charge is -2.08. The average molecular weight is 371 g/mol. The highest BCUT2D eigenvalue weighted by Crippen LogP contribution is 2.22. The molecule has 21 heavy (non-hydrogen) atoms. The fourth-order valence-electron chi connectivity index (χ4n) is 1.75. The van der Waals surface area contributed by atoms with E-state index < -0.39 is 10.0 Å². The minimum Gasteiger partial charge on any atom is -0.508 e. The molecule has 0 aliphatic carbocycles. The minimum atomic E-state index is -3.56. The van der Waals surface area contributed by atoms with Crippen LogP contribution in [0.5, 0.6) is 5.75 Å². The van der Waals surface area contributed by atoms with Crippen LogP contribution in [0, 0.1) is 0 Å². The maximum atomic E-state index is 12.1. The van der Waals surface area contributed by atoms with E-state index in [1.807, 2.05) is 0 Å².